The molecule has 0 spiro atoms. The fourth-order valence-electron chi connectivity index (χ4n) is 2.15. The Bertz CT molecular complexity index is 473. The summed E-state index contributed by atoms with van der Waals surface area (Å²) in [5.74, 6) is -0.108. The quantitative estimate of drug-likeness (QED) is 0.178. The zero-order chi connectivity index (χ0) is 19.3. The van der Waals surface area contributed by atoms with E-state index in [1.165, 1.54) is 0 Å². The van der Waals surface area contributed by atoms with Gasteiger partial charge in [0.05, 0.1) is 6.61 Å². The molecule has 0 aliphatic heterocycles. The summed E-state index contributed by atoms with van der Waals surface area (Å²) in [7, 11) is 0. The van der Waals surface area contributed by atoms with Gasteiger partial charge in [0.1, 0.15) is 5.25 Å². The van der Waals surface area contributed by atoms with Crippen molar-refractivity contribution in [3.63, 3.8) is 0 Å². The van der Waals surface area contributed by atoms with E-state index in [1.54, 1.807) is 11.8 Å². The zero-order valence-electron chi connectivity index (χ0n) is 16.7. The molecule has 0 aromatic carbocycles. The summed E-state index contributed by atoms with van der Waals surface area (Å²) in [6.45, 7) is 4.45. The molecule has 26 heavy (non-hydrogen) atoms. The van der Waals surface area contributed by atoms with E-state index in [-0.39, 0.29) is 11.2 Å². The third-order valence-corrected chi connectivity index (χ3v) is 4.52. The number of carbonyl (C=O) groups excluding carboxylic acids is 1. The molecule has 0 amide bonds. The second-order valence-corrected chi connectivity index (χ2v) is 6.80. The predicted octanol–water partition coefficient (Wildman–Crippen LogP) is 6.81. The summed E-state index contributed by atoms with van der Waals surface area (Å²) < 4.78 is 5.06. The third kappa shape index (κ3) is 16.0. The molecule has 0 saturated heterocycles. The van der Waals surface area contributed by atoms with E-state index in [9.17, 15) is 4.79 Å². The number of esters is 1. The molecule has 0 heterocycles. The Balaban J connectivity index is 3.70. The lowest BCUT2D eigenvalue weighted by atomic mass is 10.2. The van der Waals surface area contributed by atoms with Crippen LogP contribution in [-0.2, 0) is 9.53 Å². The van der Waals surface area contributed by atoms with Crippen molar-refractivity contribution in [1.82, 2.24) is 0 Å². The maximum Gasteiger partial charge on any atom is 0.319 e. The lowest BCUT2D eigenvalue weighted by Crippen LogP contribution is -2.19. The fraction of sp³-hybridized carbons (Fsp3) is 0.522. The highest BCUT2D eigenvalue weighted by molar-refractivity contribution is 7.99. The Morgan fingerprint density at radius 2 is 1.31 bits per heavy atom. The molecule has 3 heteroatoms. The Morgan fingerprint density at radius 3 is 1.81 bits per heavy atom. The topological polar surface area (TPSA) is 26.3 Å². The van der Waals surface area contributed by atoms with E-state index >= 15 is 0 Å². The maximum atomic E-state index is 11.7. The van der Waals surface area contributed by atoms with Crippen LogP contribution in [0.1, 0.15) is 58.8 Å². The lowest BCUT2D eigenvalue weighted by molar-refractivity contribution is -0.142. The predicted molar refractivity (Wildman–Crippen MR) is 118 cm³/mol. The van der Waals surface area contributed by atoms with Gasteiger partial charge in [-0.25, -0.2) is 0 Å². The standard InChI is InChI=1S/C23H36O2S/c1-4-6-7-8-9-10-11-12-13-14-15-16-17-18-19-20-21-22(26-3)23(24)25-5-2/h6-7,9-10,12-13,15-16,19-20,22H,4-5,8,11,14,17-18,21H2,1-3H3. The van der Waals surface area contributed by atoms with Crippen molar-refractivity contribution < 1.29 is 9.53 Å². The minimum atomic E-state index is -0.108. The number of allylic oxidation sites excluding steroid dienone is 10. The van der Waals surface area contributed by atoms with Crippen LogP contribution in [0.5, 0.6) is 0 Å². The number of hydrogen-bond acceptors (Lipinski definition) is 3. The number of hydrogen-bond donors (Lipinski definition) is 0. The van der Waals surface area contributed by atoms with Gasteiger partial charge in [-0.1, -0.05) is 67.7 Å². The van der Waals surface area contributed by atoms with Crippen molar-refractivity contribution in [3.8, 4) is 0 Å². The van der Waals surface area contributed by atoms with E-state index in [0.29, 0.717) is 6.61 Å². The second kappa shape index (κ2) is 19.8. The Morgan fingerprint density at radius 1 is 0.808 bits per heavy atom. The van der Waals surface area contributed by atoms with Gasteiger partial charge < -0.3 is 4.74 Å². The molecule has 0 saturated carbocycles. The van der Waals surface area contributed by atoms with E-state index in [4.69, 9.17) is 4.74 Å². The van der Waals surface area contributed by atoms with Gasteiger partial charge in [-0.2, -0.15) is 0 Å². The van der Waals surface area contributed by atoms with Gasteiger partial charge in [0.25, 0.3) is 0 Å². The van der Waals surface area contributed by atoms with Gasteiger partial charge in [-0.3, -0.25) is 4.79 Å². The van der Waals surface area contributed by atoms with E-state index < -0.39 is 0 Å². The molecule has 1 atom stereocenters. The van der Waals surface area contributed by atoms with Gasteiger partial charge in [0, 0.05) is 0 Å². The zero-order valence-corrected chi connectivity index (χ0v) is 17.5. The molecule has 0 aromatic heterocycles. The van der Waals surface area contributed by atoms with Crippen molar-refractivity contribution in [2.75, 3.05) is 12.9 Å². The molecule has 0 rings (SSSR count). The number of thioether (sulfide) groups is 1. The Labute approximate surface area is 165 Å². The molecule has 0 aliphatic rings. The van der Waals surface area contributed by atoms with Gasteiger partial charge in [-0.15, -0.1) is 11.8 Å². The van der Waals surface area contributed by atoms with Gasteiger partial charge in [0.15, 0.2) is 0 Å². The van der Waals surface area contributed by atoms with Crippen LogP contribution in [0.15, 0.2) is 60.8 Å². The molecule has 0 radical (unpaired) electrons. The van der Waals surface area contributed by atoms with Crippen molar-refractivity contribution >= 4 is 17.7 Å². The molecule has 2 nitrogen and oxygen atoms in total. The molecule has 1 unspecified atom stereocenters. The first kappa shape index (κ1) is 24.5. The summed E-state index contributed by atoms with van der Waals surface area (Å²) in [6, 6.07) is 0. The summed E-state index contributed by atoms with van der Waals surface area (Å²) in [6.07, 6.45) is 30.8. The van der Waals surface area contributed by atoms with Crippen LogP contribution in [0, 0.1) is 0 Å². The third-order valence-electron chi connectivity index (χ3n) is 3.57. The molecule has 146 valence electrons. The van der Waals surface area contributed by atoms with Crippen LogP contribution in [0.4, 0.5) is 0 Å². The summed E-state index contributed by atoms with van der Waals surface area (Å²) in [4.78, 5) is 11.7. The number of carbonyl (C=O) groups is 1. The summed E-state index contributed by atoms with van der Waals surface area (Å²) in [5, 5.41) is -0.0800. The number of rotatable bonds is 15. The molecule has 0 aliphatic carbocycles. The van der Waals surface area contributed by atoms with Crippen molar-refractivity contribution in [1.29, 1.82) is 0 Å². The summed E-state index contributed by atoms with van der Waals surface area (Å²) in [5.41, 5.74) is 0. The smallest absolute Gasteiger partial charge is 0.319 e. The fourth-order valence-corrected chi connectivity index (χ4v) is 2.72. The molecule has 0 bridgehead atoms. The van der Waals surface area contributed by atoms with Crippen LogP contribution < -0.4 is 0 Å². The van der Waals surface area contributed by atoms with E-state index in [2.05, 4.69) is 67.7 Å². The average Bonchev–Trinajstić information content (AvgIpc) is 2.64. The maximum absolute atomic E-state index is 11.7. The van der Waals surface area contributed by atoms with Gasteiger partial charge >= 0.3 is 5.97 Å². The van der Waals surface area contributed by atoms with Crippen molar-refractivity contribution in [2.45, 2.75) is 64.0 Å². The molecule has 0 aromatic rings. The van der Waals surface area contributed by atoms with Gasteiger partial charge in [0.2, 0.25) is 0 Å². The normalized spacial score (nSPS) is 13.8. The SMILES string of the molecule is CCC=CCC=CCC=CCC=CCCC=CCC(SC)C(=O)OCC. The lowest BCUT2D eigenvalue weighted by Gasteiger charge is -2.10. The van der Waals surface area contributed by atoms with Crippen molar-refractivity contribution in [3.05, 3.63) is 60.8 Å². The Hall–Kier alpha value is -1.48. The van der Waals surface area contributed by atoms with E-state index in [0.717, 1.165) is 44.9 Å². The number of ether oxygens (including phenoxy) is 1. The first-order valence-corrected chi connectivity index (χ1v) is 11.0. The largest absolute Gasteiger partial charge is 0.465 e. The molecular weight excluding hydrogens is 340 g/mol. The molecule has 0 fully saturated rings. The van der Waals surface area contributed by atoms with Crippen molar-refractivity contribution in [2.24, 2.45) is 0 Å². The Kier molecular flexibility index (Phi) is 18.7. The van der Waals surface area contributed by atoms with Crippen LogP contribution in [-0.4, -0.2) is 24.1 Å². The highest BCUT2D eigenvalue weighted by Crippen LogP contribution is 2.14. The first-order valence-electron chi connectivity index (χ1n) is 9.70. The van der Waals surface area contributed by atoms with Crippen LogP contribution in [0.3, 0.4) is 0 Å². The highest BCUT2D eigenvalue weighted by Gasteiger charge is 2.16. The van der Waals surface area contributed by atoms with Gasteiger partial charge in [-0.05, 0) is 58.1 Å². The van der Waals surface area contributed by atoms with Crippen LogP contribution in [0.25, 0.3) is 0 Å². The molecule has 0 N–H and O–H groups in total. The number of unbranched alkanes of at least 4 members (excludes halogenated alkanes) is 1. The minimum absolute atomic E-state index is 0.0800. The highest BCUT2D eigenvalue weighted by atomic mass is 32.2. The van der Waals surface area contributed by atoms with Crippen LogP contribution >= 0.6 is 11.8 Å². The second-order valence-electron chi connectivity index (χ2n) is 5.76. The minimum Gasteiger partial charge on any atom is -0.465 e. The van der Waals surface area contributed by atoms with E-state index in [1.807, 2.05) is 13.2 Å². The summed E-state index contributed by atoms with van der Waals surface area (Å²) >= 11 is 1.55. The average molecular weight is 377 g/mol. The monoisotopic (exact) mass is 376 g/mol. The molecular formula is C23H36O2S. The first-order chi connectivity index (χ1) is 12.8. The van der Waals surface area contributed by atoms with Crippen LogP contribution in [0.2, 0.25) is 0 Å².